The maximum absolute atomic E-state index is 12.9. The Balaban J connectivity index is 1.66. The van der Waals surface area contributed by atoms with Crippen LogP contribution >= 0.6 is 22.7 Å². The standard InChI is InChI=1S/C23H29N3O4S2/c1-15(2)30-21-9-18(8-20(10-21)29-6-4-17-5-7-31-13-17)22(28)26-23-25-19(14-32-23)11-24-16(3)12-27/h5,7-10,13-16,24,27H,4,6,11-12H2,1-3H3,(H,25,26,28). The summed E-state index contributed by atoms with van der Waals surface area (Å²) in [6, 6.07) is 7.29. The monoisotopic (exact) mass is 475 g/mol. The Labute approximate surface area is 196 Å². The SMILES string of the molecule is CC(CO)NCc1csc(NC(=O)c2cc(OCCc3ccsc3)cc(OC(C)C)c2)n1. The third-order valence-electron chi connectivity index (χ3n) is 4.43. The predicted molar refractivity (Wildman–Crippen MR) is 129 cm³/mol. The summed E-state index contributed by atoms with van der Waals surface area (Å²) in [5.74, 6) is 0.894. The molecule has 0 spiro atoms. The van der Waals surface area contributed by atoms with Crippen molar-refractivity contribution in [2.45, 2.75) is 45.9 Å². The van der Waals surface area contributed by atoms with Crippen molar-refractivity contribution >= 4 is 33.7 Å². The second-order valence-electron chi connectivity index (χ2n) is 7.65. The zero-order valence-electron chi connectivity index (χ0n) is 18.5. The molecule has 3 aromatic rings. The molecule has 2 aromatic heterocycles. The normalized spacial score (nSPS) is 12.0. The van der Waals surface area contributed by atoms with Crippen LogP contribution in [0.5, 0.6) is 11.5 Å². The highest BCUT2D eigenvalue weighted by Gasteiger charge is 2.14. The van der Waals surface area contributed by atoms with Crippen LogP contribution in [-0.2, 0) is 13.0 Å². The number of rotatable bonds is 12. The Hall–Kier alpha value is -2.46. The van der Waals surface area contributed by atoms with Crippen LogP contribution < -0.4 is 20.1 Å². The van der Waals surface area contributed by atoms with Crippen molar-refractivity contribution in [2.75, 3.05) is 18.5 Å². The quantitative estimate of drug-likeness (QED) is 0.361. The van der Waals surface area contributed by atoms with Crippen LogP contribution in [0, 0.1) is 0 Å². The minimum atomic E-state index is -0.278. The van der Waals surface area contributed by atoms with Gasteiger partial charge >= 0.3 is 0 Å². The van der Waals surface area contributed by atoms with Gasteiger partial charge in [0.25, 0.3) is 5.91 Å². The van der Waals surface area contributed by atoms with Crippen molar-refractivity contribution in [3.63, 3.8) is 0 Å². The van der Waals surface area contributed by atoms with Gasteiger partial charge in [-0.2, -0.15) is 11.3 Å². The summed E-state index contributed by atoms with van der Waals surface area (Å²) in [5.41, 5.74) is 2.47. The van der Waals surface area contributed by atoms with Crippen molar-refractivity contribution in [1.82, 2.24) is 10.3 Å². The molecule has 0 fully saturated rings. The third kappa shape index (κ3) is 7.59. The zero-order chi connectivity index (χ0) is 22.9. The topological polar surface area (TPSA) is 92.7 Å². The number of carbonyl (C=O) groups is 1. The lowest BCUT2D eigenvalue weighted by Gasteiger charge is -2.14. The van der Waals surface area contributed by atoms with E-state index in [-0.39, 0.29) is 24.7 Å². The van der Waals surface area contributed by atoms with E-state index in [1.54, 1.807) is 29.5 Å². The van der Waals surface area contributed by atoms with Gasteiger partial charge in [0.1, 0.15) is 11.5 Å². The Morgan fingerprint density at radius 1 is 1.19 bits per heavy atom. The lowest BCUT2D eigenvalue weighted by molar-refractivity contribution is 0.102. The molecule has 0 bridgehead atoms. The smallest absolute Gasteiger partial charge is 0.257 e. The summed E-state index contributed by atoms with van der Waals surface area (Å²) in [6.07, 6.45) is 0.771. The molecular weight excluding hydrogens is 446 g/mol. The van der Waals surface area contributed by atoms with Gasteiger partial charge < -0.3 is 19.9 Å². The number of anilines is 1. The average molecular weight is 476 g/mol. The molecule has 172 valence electrons. The Kier molecular flexibility index (Phi) is 9.04. The van der Waals surface area contributed by atoms with Crippen LogP contribution in [0.3, 0.4) is 0 Å². The molecular formula is C23H29N3O4S2. The first-order valence-corrected chi connectivity index (χ1v) is 12.3. The van der Waals surface area contributed by atoms with Crippen molar-refractivity contribution in [1.29, 1.82) is 0 Å². The lowest BCUT2D eigenvalue weighted by Crippen LogP contribution is -2.28. The maximum atomic E-state index is 12.9. The van der Waals surface area contributed by atoms with Gasteiger partial charge in [0.15, 0.2) is 5.13 Å². The van der Waals surface area contributed by atoms with Crippen molar-refractivity contribution in [2.24, 2.45) is 0 Å². The fourth-order valence-electron chi connectivity index (χ4n) is 2.81. The minimum Gasteiger partial charge on any atom is -0.493 e. The molecule has 32 heavy (non-hydrogen) atoms. The van der Waals surface area contributed by atoms with Gasteiger partial charge in [-0.05, 0) is 55.3 Å². The summed E-state index contributed by atoms with van der Waals surface area (Å²) < 4.78 is 11.7. The van der Waals surface area contributed by atoms with Gasteiger partial charge in [-0.1, -0.05) is 0 Å². The summed E-state index contributed by atoms with van der Waals surface area (Å²) in [7, 11) is 0. The number of thiophene rings is 1. The number of aliphatic hydroxyl groups is 1. The summed E-state index contributed by atoms with van der Waals surface area (Å²) in [6.45, 7) is 6.85. The molecule has 0 aliphatic rings. The number of nitrogens with one attached hydrogen (secondary N) is 2. The Bertz CT molecular complexity index is 989. The van der Waals surface area contributed by atoms with Crippen molar-refractivity contribution < 1.29 is 19.4 Å². The predicted octanol–water partition coefficient (Wildman–Crippen LogP) is 4.34. The second kappa shape index (κ2) is 12.0. The molecule has 2 heterocycles. The molecule has 0 saturated carbocycles. The molecule has 0 aliphatic heterocycles. The van der Waals surface area contributed by atoms with Gasteiger partial charge in [0, 0.05) is 36.0 Å². The maximum Gasteiger partial charge on any atom is 0.257 e. The molecule has 1 atom stereocenters. The number of aromatic nitrogens is 1. The van der Waals surface area contributed by atoms with Gasteiger partial charge in [0.05, 0.1) is 25.0 Å². The van der Waals surface area contributed by atoms with Crippen molar-refractivity contribution in [3.8, 4) is 11.5 Å². The van der Waals surface area contributed by atoms with Gasteiger partial charge in [-0.15, -0.1) is 11.3 Å². The van der Waals surface area contributed by atoms with E-state index in [2.05, 4.69) is 27.1 Å². The van der Waals surface area contributed by atoms with Crippen LogP contribution in [0.25, 0.3) is 0 Å². The number of nitrogens with zero attached hydrogens (tertiary/aromatic N) is 1. The van der Waals surface area contributed by atoms with E-state index in [1.807, 2.05) is 31.5 Å². The number of hydrogen-bond acceptors (Lipinski definition) is 8. The van der Waals surface area contributed by atoms with Crippen LogP contribution in [0.15, 0.2) is 40.4 Å². The fraction of sp³-hybridized carbons (Fsp3) is 0.391. The number of benzene rings is 1. The van der Waals surface area contributed by atoms with Gasteiger partial charge in [0.2, 0.25) is 0 Å². The number of carbonyl (C=O) groups excluding carboxylic acids is 1. The number of hydrogen-bond donors (Lipinski definition) is 3. The largest absolute Gasteiger partial charge is 0.493 e. The van der Waals surface area contributed by atoms with E-state index in [4.69, 9.17) is 14.6 Å². The molecule has 0 radical (unpaired) electrons. The van der Waals surface area contributed by atoms with Gasteiger partial charge in [-0.3, -0.25) is 10.1 Å². The summed E-state index contributed by atoms with van der Waals surface area (Å²) in [4.78, 5) is 17.3. The number of ether oxygens (including phenoxy) is 2. The molecule has 7 nitrogen and oxygen atoms in total. The van der Waals surface area contributed by atoms with Crippen molar-refractivity contribution in [3.05, 3.63) is 57.2 Å². The molecule has 1 aromatic carbocycles. The number of aliphatic hydroxyl groups excluding tert-OH is 1. The highest BCUT2D eigenvalue weighted by atomic mass is 32.1. The van der Waals surface area contributed by atoms with E-state index in [1.165, 1.54) is 16.9 Å². The van der Waals surface area contributed by atoms with E-state index in [0.29, 0.717) is 35.3 Å². The molecule has 3 N–H and O–H groups in total. The highest BCUT2D eigenvalue weighted by molar-refractivity contribution is 7.14. The molecule has 3 rings (SSSR count). The van der Waals surface area contributed by atoms with Crippen LogP contribution in [-0.4, -0.2) is 41.4 Å². The van der Waals surface area contributed by atoms with E-state index in [9.17, 15) is 4.79 Å². The Morgan fingerprint density at radius 2 is 2.00 bits per heavy atom. The third-order valence-corrected chi connectivity index (χ3v) is 5.97. The molecule has 1 amide bonds. The van der Waals surface area contributed by atoms with Gasteiger partial charge in [-0.25, -0.2) is 4.98 Å². The minimum absolute atomic E-state index is 0.0170. The summed E-state index contributed by atoms with van der Waals surface area (Å²) in [5, 5.41) is 21.6. The molecule has 0 saturated heterocycles. The molecule has 1 unspecified atom stereocenters. The van der Waals surface area contributed by atoms with Crippen LogP contribution in [0.4, 0.5) is 5.13 Å². The van der Waals surface area contributed by atoms with E-state index < -0.39 is 0 Å². The number of amides is 1. The average Bonchev–Trinajstić information content (AvgIpc) is 3.43. The first kappa shape index (κ1) is 24.2. The zero-order valence-corrected chi connectivity index (χ0v) is 20.1. The van der Waals surface area contributed by atoms with E-state index in [0.717, 1.165) is 12.1 Å². The summed E-state index contributed by atoms with van der Waals surface area (Å²) >= 11 is 3.02. The Morgan fingerprint density at radius 3 is 2.72 bits per heavy atom. The second-order valence-corrected chi connectivity index (χ2v) is 9.29. The van der Waals surface area contributed by atoms with E-state index >= 15 is 0 Å². The number of thiazole rings is 1. The highest BCUT2D eigenvalue weighted by Crippen LogP contribution is 2.26. The fourth-order valence-corrected chi connectivity index (χ4v) is 4.21. The first-order valence-electron chi connectivity index (χ1n) is 10.5. The lowest BCUT2D eigenvalue weighted by atomic mass is 10.2. The van der Waals surface area contributed by atoms with Crippen LogP contribution in [0.2, 0.25) is 0 Å². The molecule has 0 aliphatic carbocycles. The molecule has 9 heteroatoms. The van der Waals surface area contributed by atoms with Crippen LogP contribution in [0.1, 0.15) is 42.4 Å². The first-order chi connectivity index (χ1) is 15.4.